The molecule has 2 aliphatic rings. The summed E-state index contributed by atoms with van der Waals surface area (Å²) >= 11 is 0. The first-order chi connectivity index (χ1) is 13.6. The standard InChI is InChI=1S/C22H24N2O4/c1-2-28-22(27)24-12-9-14(10-13-24)19-16-7-8-18(25)21(26)17(16)6-5-15-4-3-11-23-20(15)19/h3-4,7-8,11,25-26H,2,5-6,9-10,12-13H2,1H3. The zero-order valence-corrected chi connectivity index (χ0v) is 15.9. The number of rotatable bonds is 1. The highest BCUT2D eigenvalue weighted by Crippen LogP contribution is 2.42. The maximum atomic E-state index is 12.0. The first-order valence-electron chi connectivity index (χ1n) is 9.72. The van der Waals surface area contributed by atoms with Crippen LogP contribution in [0.5, 0.6) is 11.5 Å². The number of nitrogens with zero attached hydrogens (tertiary/aromatic N) is 2. The summed E-state index contributed by atoms with van der Waals surface area (Å²) in [5.74, 6) is -0.147. The number of carbonyl (C=O) groups is 1. The summed E-state index contributed by atoms with van der Waals surface area (Å²) in [6.45, 7) is 3.37. The average molecular weight is 380 g/mol. The van der Waals surface area contributed by atoms with Gasteiger partial charge in [0.25, 0.3) is 0 Å². The average Bonchev–Trinajstić information content (AvgIpc) is 2.88. The molecule has 1 amide bonds. The van der Waals surface area contributed by atoms with Gasteiger partial charge in [0.05, 0.1) is 12.3 Å². The van der Waals surface area contributed by atoms with Gasteiger partial charge < -0.3 is 19.8 Å². The van der Waals surface area contributed by atoms with Gasteiger partial charge in [-0.15, -0.1) is 0 Å². The molecule has 0 radical (unpaired) electrons. The number of phenols is 2. The molecule has 0 atom stereocenters. The summed E-state index contributed by atoms with van der Waals surface area (Å²) in [5.41, 5.74) is 6.00. The van der Waals surface area contributed by atoms with Crippen molar-refractivity contribution in [3.8, 4) is 11.5 Å². The maximum absolute atomic E-state index is 12.0. The van der Waals surface area contributed by atoms with E-state index in [1.165, 1.54) is 11.6 Å². The molecule has 1 aromatic carbocycles. The number of fused-ring (bicyclic) bond motifs is 2. The van der Waals surface area contributed by atoms with Crippen LogP contribution in [0, 0.1) is 0 Å². The van der Waals surface area contributed by atoms with Crippen LogP contribution in [0.25, 0.3) is 5.57 Å². The number of aryl methyl sites for hydroxylation is 1. The number of phenolic OH excluding ortho intramolecular Hbond substituents is 2. The molecule has 28 heavy (non-hydrogen) atoms. The third-order valence-electron chi connectivity index (χ3n) is 5.55. The van der Waals surface area contributed by atoms with Gasteiger partial charge in [0.15, 0.2) is 11.5 Å². The second-order valence-corrected chi connectivity index (χ2v) is 7.14. The molecule has 4 rings (SSSR count). The van der Waals surface area contributed by atoms with Crippen molar-refractivity contribution in [2.24, 2.45) is 0 Å². The largest absolute Gasteiger partial charge is 0.504 e. The lowest BCUT2D eigenvalue weighted by atomic mass is 9.88. The molecule has 2 N–H and O–H groups in total. The van der Waals surface area contributed by atoms with Crippen molar-refractivity contribution in [1.29, 1.82) is 0 Å². The van der Waals surface area contributed by atoms with E-state index in [1.807, 2.05) is 19.1 Å². The van der Waals surface area contributed by atoms with Crippen molar-refractivity contribution in [1.82, 2.24) is 9.88 Å². The SMILES string of the molecule is CCOC(=O)N1CCC(=C2c3ccc(O)c(O)c3CCc3cccnc32)CC1. The van der Waals surface area contributed by atoms with Gasteiger partial charge in [-0.3, -0.25) is 4.98 Å². The Morgan fingerprint density at radius 2 is 1.93 bits per heavy atom. The molecule has 0 bridgehead atoms. The van der Waals surface area contributed by atoms with E-state index in [4.69, 9.17) is 4.74 Å². The Kier molecular flexibility index (Phi) is 4.94. The number of benzene rings is 1. The predicted molar refractivity (Wildman–Crippen MR) is 105 cm³/mol. The number of piperidine rings is 1. The van der Waals surface area contributed by atoms with E-state index in [2.05, 4.69) is 11.1 Å². The lowest BCUT2D eigenvalue weighted by Gasteiger charge is -2.29. The van der Waals surface area contributed by atoms with Gasteiger partial charge in [0, 0.05) is 30.4 Å². The minimum Gasteiger partial charge on any atom is -0.504 e. The van der Waals surface area contributed by atoms with Gasteiger partial charge in [0.2, 0.25) is 0 Å². The normalized spacial score (nSPS) is 16.2. The smallest absolute Gasteiger partial charge is 0.409 e. The zero-order chi connectivity index (χ0) is 19.7. The molecular formula is C22H24N2O4. The summed E-state index contributed by atoms with van der Waals surface area (Å²) in [7, 11) is 0. The third kappa shape index (κ3) is 3.19. The fraction of sp³-hybridized carbons (Fsp3) is 0.364. The number of hydrogen-bond donors (Lipinski definition) is 2. The van der Waals surface area contributed by atoms with Crippen LogP contribution in [0.1, 0.15) is 42.1 Å². The van der Waals surface area contributed by atoms with E-state index in [-0.39, 0.29) is 17.6 Å². The quantitative estimate of drug-likeness (QED) is 0.738. The Balaban J connectivity index is 1.79. The van der Waals surface area contributed by atoms with Crippen LogP contribution in [-0.4, -0.2) is 45.9 Å². The minimum atomic E-state index is -0.270. The Bertz CT molecular complexity index is 942. The Hall–Kier alpha value is -3.02. The van der Waals surface area contributed by atoms with Crippen molar-refractivity contribution < 1.29 is 19.7 Å². The number of pyridine rings is 1. The van der Waals surface area contributed by atoms with E-state index >= 15 is 0 Å². The number of aromatic nitrogens is 1. The van der Waals surface area contributed by atoms with Crippen LogP contribution >= 0.6 is 0 Å². The molecule has 2 aromatic rings. The molecule has 1 aliphatic carbocycles. The van der Waals surface area contributed by atoms with E-state index < -0.39 is 0 Å². The summed E-state index contributed by atoms with van der Waals surface area (Å²) < 4.78 is 5.12. The molecule has 146 valence electrons. The topological polar surface area (TPSA) is 82.9 Å². The van der Waals surface area contributed by atoms with Crippen LogP contribution < -0.4 is 0 Å². The maximum Gasteiger partial charge on any atom is 0.409 e. The Labute approximate surface area is 164 Å². The van der Waals surface area contributed by atoms with E-state index in [1.54, 1.807) is 11.1 Å². The van der Waals surface area contributed by atoms with Gasteiger partial charge in [-0.1, -0.05) is 17.7 Å². The van der Waals surface area contributed by atoms with Crippen LogP contribution in [0.4, 0.5) is 4.79 Å². The monoisotopic (exact) mass is 380 g/mol. The highest BCUT2D eigenvalue weighted by atomic mass is 16.6. The van der Waals surface area contributed by atoms with Crippen LogP contribution in [0.3, 0.4) is 0 Å². The molecule has 1 aliphatic heterocycles. The highest BCUT2D eigenvalue weighted by Gasteiger charge is 2.28. The van der Waals surface area contributed by atoms with E-state index in [0.717, 1.165) is 47.2 Å². The van der Waals surface area contributed by atoms with Crippen molar-refractivity contribution in [3.63, 3.8) is 0 Å². The Morgan fingerprint density at radius 1 is 1.14 bits per heavy atom. The molecule has 1 aromatic heterocycles. The summed E-state index contributed by atoms with van der Waals surface area (Å²) in [5, 5.41) is 20.5. The minimum absolute atomic E-state index is 0.0487. The van der Waals surface area contributed by atoms with Crippen molar-refractivity contribution in [3.05, 3.63) is 58.4 Å². The number of aromatic hydroxyl groups is 2. The summed E-state index contributed by atoms with van der Waals surface area (Å²) in [6, 6.07) is 7.40. The lowest BCUT2D eigenvalue weighted by Crippen LogP contribution is -2.37. The molecule has 0 saturated carbocycles. The number of hydrogen-bond acceptors (Lipinski definition) is 5. The lowest BCUT2D eigenvalue weighted by molar-refractivity contribution is 0.104. The molecule has 2 heterocycles. The number of likely N-dealkylation sites (tertiary alicyclic amines) is 1. The molecule has 1 fully saturated rings. The van der Waals surface area contributed by atoms with Crippen LogP contribution in [0.2, 0.25) is 0 Å². The molecule has 6 heteroatoms. The first kappa shape index (κ1) is 18.3. The number of amides is 1. The molecule has 1 saturated heterocycles. The fourth-order valence-electron chi connectivity index (χ4n) is 4.15. The van der Waals surface area contributed by atoms with E-state index in [9.17, 15) is 15.0 Å². The summed E-state index contributed by atoms with van der Waals surface area (Å²) in [4.78, 5) is 18.4. The molecule has 6 nitrogen and oxygen atoms in total. The second-order valence-electron chi connectivity index (χ2n) is 7.14. The highest BCUT2D eigenvalue weighted by molar-refractivity contribution is 5.86. The zero-order valence-electron chi connectivity index (χ0n) is 15.9. The van der Waals surface area contributed by atoms with E-state index in [0.29, 0.717) is 26.1 Å². The molecular weight excluding hydrogens is 356 g/mol. The van der Waals surface area contributed by atoms with Gasteiger partial charge >= 0.3 is 6.09 Å². The van der Waals surface area contributed by atoms with Gasteiger partial charge in [0.1, 0.15) is 0 Å². The molecule has 0 spiro atoms. The predicted octanol–water partition coefficient (Wildman–Crippen LogP) is 3.65. The van der Waals surface area contributed by atoms with Gasteiger partial charge in [-0.05, 0) is 55.9 Å². The van der Waals surface area contributed by atoms with Gasteiger partial charge in [-0.2, -0.15) is 0 Å². The van der Waals surface area contributed by atoms with Crippen molar-refractivity contribution in [2.75, 3.05) is 19.7 Å². The van der Waals surface area contributed by atoms with Crippen molar-refractivity contribution >= 4 is 11.7 Å². The van der Waals surface area contributed by atoms with Gasteiger partial charge in [-0.25, -0.2) is 4.79 Å². The second kappa shape index (κ2) is 7.54. The third-order valence-corrected chi connectivity index (χ3v) is 5.55. The van der Waals surface area contributed by atoms with Crippen molar-refractivity contribution in [2.45, 2.75) is 32.6 Å². The van der Waals surface area contributed by atoms with Crippen LogP contribution in [0.15, 0.2) is 36.0 Å². The molecule has 0 unspecified atom stereocenters. The first-order valence-corrected chi connectivity index (χ1v) is 9.72. The van der Waals surface area contributed by atoms with Crippen LogP contribution in [-0.2, 0) is 17.6 Å². The number of carbonyl (C=O) groups excluding carboxylic acids is 1. The Morgan fingerprint density at radius 3 is 2.68 bits per heavy atom. The number of ether oxygens (including phenoxy) is 1. The fourth-order valence-corrected chi connectivity index (χ4v) is 4.15. The summed E-state index contributed by atoms with van der Waals surface area (Å²) in [6.07, 6.45) is 4.36.